The molecule has 0 aliphatic heterocycles. The van der Waals surface area contributed by atoms with E-state index in [4.69, 9.17) is 11.6 Å². The van der Waals surface area contributed by atoms with E-state index in [1.807, 2.05) is 0 Å². The molecule has 0 fully saturated rings. The maximum absolute atomic E-state index is 10.3. The van der Waals surface area contributed by atoms with Crippen LogP contribution in [0.1, 0.15) is 10.4 Å². The van der Waals surface area contributed by atoms with Gasteiger partial charge in [-0.3, -0.25) is 4.79 Å². The van der Waals surface area contributed by atoms with Gasteiger partial charge in [-0.15, -0.1) is 0 Å². The van der Waals surface area contributed by atoms with E-state index < -0.39 is 0 Å². The van der Waals surface area contributed by atoms with Gasteiger partial charge in [-0.1, -0.05) is 11.6 Å². The molecule has 0 saturated heterocycles. The summed E-state index contributed by atoms with van der Waals surface area (Å²) in [6.07, 6.45) is 0.578. The zero-order valence-corrected chi connectivity index (χ0v) is 6.72. The Labute approximate surface area is 70.2 Å². The van der Waals surface area contributed by atoms with Crippen molar-refractivity contribution in [2.45, 2.75) is 0 Å². The minimum atomic E-state index is 0.00407. The third-order valence-electron chi connectivity index (χ3n) is 1.42. The fraction of sp³-hybridized carbons (Fsp3) is 0. The molecule has 0 aromatic heterocycles. The van der Waals surface area contributed by atoms with Crippen LogP contribution in [0.3, 0.4) is 0 Å². The zero-order valence-electron chi connectivity index (χ0n) is 5.97. The highest BCUT2D eigenvalue weighted by Gasteiger charge is 2.03. The SMILES string of the molecule is Bc1cc(Cl)cc(C=O)c1O. The number of halogens is 1. The van der Waals surface area contributed by atoms with E-state index in [1.165, 1.54) is 6.07 Å². The number of carbonyl (C=O) groups is 1. The number of aldehydes is 1. The lowest BCUT2D eigenvalue weighted by atomic mass is 9.93. The summed E-state index contributed by atoms with van der Waals surface area (Å²) in [5, 5.41) is 9.69. The van der Waals surface area contributed by atoms with Crippen molar-refractivity contribution >= 4 is 31.2 Å². The lowest BCUT2D eigenvalue weighted by Crippen LogP contribution is -2.04. The largest absolute Gasteiger partial charge is 0.508 e. The van der Waals surface area contributed by atoms with Gasteiger partial charge in [0.2, 0.25) is 0 Å². The molecule has 0 saturated carbocycles. The molecule has 0 unspecified atom stereocenters. The predicted molar refractivity (Wildman–Crippen MR) is 46.7 cm³/mol. The number of hydrogen-bond donors (Lipinski definition) is 1. The Morgan fingerprint density at radius 1 is 1.55 bits per heavy atom. The van der Waals surface area contributed by atoms with Crippen LogP contribution in [0.15, 0.2) is 12.1 Å². The molecule has 0 atom stereocenters. The molecule has 0 radical (unpaired) electrons. The minimum Gasteiger partial charge on any atom is -0.508 e. The lowest BCUT2D eigenvalue weighted by molar-refractivity contribution is 0.112. The van der Waals surface area contributed by atoms with Gasteiger partial charge < -0.3 is 5.11 Å². The molecule has 1 aromatic rings. The third kappa shape index (κ3) is 1.55. The Hall–Kier alpha value is -0.955. The molecule has 0 aliphatic carbocycles. The van der Waals surface area contributed by atoms with E-state index in [1.54, 1.807) is 13.9 Å². The van der Waals surface area contributed by atoms with Crippen molar-refractivity contribution in [3.63, 3.8) is 0 Å². The second-order valence-corrected chi connectivity index (χ2v) is 2.71. The van der Waals surface area contributed by atoms with Gasteiger partial charge in [-0.25, -0.2) is 0 Å². The number of rotatable bonds is 1. The quantitative estimate of drug-likeness (QED) is 0.478. The number of hydrogen-bond acceptors (Lipinski definition) is 2. The Bertz CT molecular complexity index is 299. The van der Waals surface area contributed by atoms with Crippen LogP contribution >= 0.6 is 11.6 Å². The first-order valence-electron chi connectivity index (χ1n) is 3.09. The third-order valence-corrected chi connectivity index (χ3v) is 1.64. The zero-order chi connectivity index (χ0) is 8.43. The normalized spacial score (nSPS) is 9.55. The van der Waals surface area contributed by atoms with Crippen LogP contribution in [0, 0.1) is 0 Å². The monoisotopic (exact) mass is 168 g/mol. The van der Waals surface area contributed by atoms with Crippen LogP contribution in [-0.2, 0) is 0 Å². The molecule has 0 aliphatic rings. The molecule has 0 bridgehead atoms. The van der Waals surface area contributed by atoms with Crippen molar-refractivity contribution in [3.8, 4) is 5.75 Å². The average Bonchev–Trinajstić information content (AvgIpc) is 1.96. The summed E-state index contributed by atoms with van der Waals surface area (Å²) in [7, 11) is 1.69. The van der Waals surface area contributed by atoms with E-state index in [2.05, 4.69) is 0 Å². The fourth-order valence-corrected chi connectivity index (χ4v) is 1.13. The summed E-state index contributed by atoms with van der Waals surface area (Å²) >= 11 is 5.63. The first-order chi connectivity index (χ1) is 5.15. The van der Waals surface area contributed by atoms with Gasteiger partial charge in [-0.05, 0) is 17.6 Å². The molecule has 56 valence electrons. The smallest absolute Gasteiger partial charge is 0.153 e. The molecule has 1 N–H and O–H groups in total. The average molecular weight is 168 g/mol. The first-order valence-corrected chi connectivity index (χ1v) is 3.47. The van der Waals surface area contributed by atoms with Gasteiger partial charge in [0.05, 0.1) is 5.56 Å². The maximum atomic E-state index is 10.3. The summed E-state index contributed by atoms with van der Waals surface area (Å²) in [5.41, 5.74) is 0.842. The van der Waals surface area contributed by atoms with Gasteiger partial charge >= 0.3 is 0 Å². The topological polar surface area (TPSA) is 37.3 Å². The molecule has 2 nitrogen and oxygen atoms in total. The predicted octanol–water partition coefficient (Wildman–Crippen LogP) is 0.116. The number of carbonyl (C=O) groups excluding carboxylic acids is 1. The number of aromatic hydroxyl groups is 1. The number of benzene rings is 1. The number of phenols is 1. The molecule has 1 rings (SSSR count). The summed E-state index contributed by atoms with van der Waals surface area (Å²) in [5.74, 6) is 0.00407. The van der Waals surface area contributed by atoms with Crippen LogP contribution in [0.5, 0.6) is 5.75 Å². The molecule has 4 heteroatoms. The van der Waals surface area contributed by atoms with Gasteiger partial charge in [0, 0.05) is 5.02 Å². The maximum Gasteiger partial charge on any atom is 0.153 e. The molecule has 1 aromatic carbocycles. The molecule has 11 heavy (non-hydrogen) atoms. The Kier molecular flexibility index (Phi) is 2.20. The van der Waals surface area contributed by atoms with Crippen LogP contribution in [-0.4, -0.2) is 19.2 Å². The molecular weight excluding hydrogens is 162 g/mol. The molecular formula is C7H6BClO2. The Balaban J connectivity index is 3.35. The van der Waals surface area contributed by atoms with Crippen LogP contribution in [0.25, 0.3) is 0 Å². The van der Waals surface area contributed by atoms with Gasteiger partial charge in [0.1, 0.15) is 13.6 Å². The van der Waals surface area contributed by atoms with Crippen molar-refractivity contribution in [2.75, 3.05) is 0 Å². The number of phenolic OH excluding ortho intramolecular Hbond substituents is 1. The van der Waals surface area contributed by atoms with Gasteiger partial charge in [-0.2, -0.15) is 0 Å². The second-order valence-electron chi connectivity index (χ2n) is 2.28. The van der Waals surface area contributed by atoms with Crippen molar-refractivity contribution in [1.82, 2.24) is 0 Å². The van der Waals surface area contributed by atoms with Gasteiger partial charge in [0.25, 0.3) is 0 Å². The summed E-state index contributed by atoms with van der Waals surface area (Å²) in [6.45, 7) is 0. The van der Waals surface area contributed by atoms with Crippen molar-refractivity contribution in [3.05, 3.63) is 22.7 Å². The first kappa shape index (κ1) is 8.14. The van der Waals surface area contributed by atoms with E-state index in [-0.39, 0.29) is 11.3 Å². The fourth-order valence-electron chi connectivity index (χ4n) is 0.851. The molecule has 0 spiro atoms. The Morgan fingerprint density at radius 3 is 2.73 bits per heavy atom. The lowest BCUT2D eigenvalue weighted by Gasteiger charge is -2.01. The minimum absolute atomic E-state index is 0.00407. The highest BCUT2D eigenvalue weighted by molar-refractivity contribution is 6.38. The van der Waals surface area contributed by atoms with E-state index in [9.17, 15) is 9.90 Å². The summed E-state index contributed by atoms with van der Waals surface area (Å²) in [4.78, 5) is 10.3. The van der Waals surface area contributed by atoms with Gasteiger partial charge in [0.15, 0.2) is 6.29 Å². The summed E-state index contributed by atoms with van der Waals surface area (Å²) in [6, 6.07) is 3.03. The molecule has 0 amide bonds. The van der Waals surface area contributed by atoms with E-state index >= 15 is 0 Å². The van der Waals surface area contributed by atoms with E-state index in [0.717, 1.165) is 0 Å². The van der Waals surface area contributed by atoms with Crippen molar-refractivity contribution in [1.29, 1.82) is 0 Å². The van der Waals surface area contributed by atoms with Crippen molar-refractivity contribution in [2.24, 2.45) is 0 Å². The van der Waals surface area contributed by atoms with Crippen LogP contribution in [0.2, 0.25) is 5.02 Å². The Morgan fingerprint density at radius 2 is 2.18 bits per heavy atom. The standard InChI is InChI=1S/C7H6BClO2/c8-6-2-5(9)1-4(3-10)7(6)11/h1-3,11H,8H2. The summed E-state index contributed by atoms with van der Waals surface area (Å²) < 4.78 is 0. The van der Waals surface area contributed by atoms with E-state index in [0.29, 0.717) is 16.8 Å². The van der Waals surface area contributed by atoms with Crippen LogP contribution in [0.4, 0.5) is 0 Å². The highest BCUT2D eigenvalue weighted by atomic mass is 35.5. The highest BCUT2D eigenvalue weighted by Crippen LogP contribution is 2.16. The van der Waals surface area contributed by atoms with Crippen molar-refractivity contribution < 1.29 is 9.90 Å². The molecule has 0 heterocycles. The van der Waals surface area contributed by atoms with Crippen LogP contribution < -0.4 is 5.46 Å². The second kappa shape index (κ2) is 2.97.